The summed E-state index contributed by atoms with van der Waals surface area (Å²) >= 11 is 0. The van der Waals surface area contributed by atoms with Crippen LogP contribution in [-0.2, 0) is 14.9 Å². The van der Waals surface area contributed by atoms with E-state index in [-0.39, 0.29) is 29.4 Å². The summed E-state index contributed by atoms with van der Waals surface area (Å²) in [5.74, 6) is 0.229. The number of carbonyl (C=O) groups excluding carboxylic acids is 3. The largest absolute Gasteiger partial charge is 0.496 e. The molecule has 8 nitrogen and oxygen atoms in total. The molecule has 206 valence electrons. The van der Waals surface area contributed by atoms with Crippen molar-refractivity contribution in [2.45, 2.75) is 70.4 Å². The summed E-state index contributed by atoms with van der Waals surface area (Å²) < 4.78 is 11.1. The van der Waals surface area contributed by atoms with Crippen LogP contribution in [-0.4, -0.2) is 61.2 Å². The van der Waals surface area contributed by atoms with Crippen LogP contribution in [0.15, 0.2) is 54.6 Å². The molecule has 1 fully saturated rings. The number of hydrogen-bond donors (Lipinski definition) is 2. The second-order valence-corrected chi connectivity index (χ2v) is 10.9. The smallest absolute Gasteiger partial charge is 0.410 e. The van der Waals surface area contributed by atoms with E-state index in [1.807, 2.05) is 51.1 Å². The lowest BCUT2D eigenvalue weighted by atomic mass is 9.68. The number of rotatable bonds is 9. The number of hydrogen-bond acceptors (Lipinski definition) is 5. The topological polar surface area (TPSA) is 97.0 Å². The molecule has 8 heteroatoms. The number of amides is 3. The molecule has 0 atom stereocenters. The van der Waals surface area contributed by atoms with Crippen molar-refractivity contribution >= 4 is 17.9 Å². The molecule has 0 aromatic heterocycles. The van der Waals surface area contributed by atoms with Crippen molar-refractivity contribution in [2.75, 3.05) is 26.7 Å². The van der Waals surface area contributed by atoms with Gasteiger partial charge in [0.25, 0.3) is 5.91 Å². The summed E-state index contributed by atoms with van der Waals surface area (Å²) in [7, 11) is 1.56. The van der Waals surface area contributed by atoms with Crippen LogP contribution in [0.5, 0.6) is 5.75 Å². The Morgan fingerprint density at radius 3 is 2.21 bits per heavy atom. The van der Waals surface area contributed by atoms with Gasteiger partial charge in [0, 0.05) is 38.0 Å². The molecule has 3 amide bonds. The minimum atomic E-state index is -0.616. The average molecular weight is 524 g/mol. The Morgan fingerprint density at radius 2 is 1.61 bits per heavy atom. The van der Waals surface area contributed by atoms with Crippen LogP contribution < -0.4 is 15.4 Å². The van der Waals surface area contributed by atoms with E-state index in [1.165, 1.54) is 12.5 Å². The average Bonchev–Trinajstić information content (AvgIpc) is 2.89. The van der Waals surface area contributed by atoms with Gasteiger partial charge in [-0.05, 0) is 64.2 Å². The first-order valence-corrected chi connectivity index (χ1v) is 13.3. The number of nitrogens with one attached hydrogen (secondary N) is 2. The van der Waals surface area contributed by atoms with Crippen LogP contribution in [0.3, 0.4) is 0 Å². The second kappa shape index (κ2) is 12.8. The predicted octanol–water partition coefficient (Wildman–Crippen LogP) is 4.68. The third-order valence-electron chi connectivity index (χ3n) is 7.03. The molecule has 0 radical (unpaired) electrons. The molecule has 2 aromatic rings. The van der Waals surface area contributed by atoms with E-state index in [9.17, 15) is 14.4 Å². The van der Waals surface area contributed by atoms with Gasteiger partial charge in [0.2, 0.25) is 5.91 Å². The second-order valence-electron chi connectivity index (χ2n) is 10.9. The lowest BCUT2D eigenvalue weighted by molar-refractivity contribution is -0.119. The Morgan fingerprint density at radius 1 is 0.974 bits per heavy atom. The molecular formula is C30H41N3O5. The first kappa shape index (κ1) is 29.0. The highest BCUT2D eigenvalue weighted by molar-refractivity contribution is 5.97. The van der Waals surface area contributed by atoms with Gasteiger partial charge in [0.15, 0.2) is 0 Å². The summed E-state index contributed by atoms with van der Waals surface area (Å²) in [6.07, 6.45) is 2.70. The van der Waals surface area contributed by atoms with Crippen molar-refractivity contribution in [2.24, 2.45) is 0 Å². The molecule has 0 bridgehead atoms. The zero-order chi connectivity index (χ0) is 27.8. The van der Waals surface area contributed by atoms with Gasteiger partial charge in [0.05, 0.1) is 12.7 Å². The van der Waals surface area contributed by atoms with Crippen LogP contribution in [0.2, 0.25) is 0 Å². The van der Waals surface area contributed by atoms with E-state index < -0.39 is 5.60 Å². The summed E-state index contributed by atoms with van der Waals surface area (Å²) in [4.78, 5) is 39.4. The number of carbonyl (C=O) groups is 3. The summed E-state index contributed by atoms with van der Waals surface area (Å²) in [5.41, 5.74) is 0.781. The number of nitrogens with zero attached hydrogens (tertiary/aromatic N) is 1. The molecule has 3 rings (SSSR count). The number of methoxy groups -OCH3 is 1. The highest BCUT2D eigenvalue weighted by Crippen LogP contribution is 2.41. The van der Waals surface area contributed by atoms with Gasteiger partial charge >= 0.3 is 6.09 Å². The van der Waals surface area contributed by atoms with E-state index in [1.54, 1.807) is 24.1 Å². The lowest BCUT2D eigenvalue weighted by Gasteiger charge is -2.44. The Balaban J connectivity index is 1.77. The molecule has 0 heterocycles. The highest BCUT2D eigenvalue weighted by Gasteiger charge is 2.40. The standard InChI is InChI=1S/C30H41N3O5/c1-22(34)31-19-20-33(28(36)38-29(2,3)4)24-15-17-30(18-16-24,23-11-7-6-8-12-23)21-32-27(35)25-13-9-10-14-26(25)37-5/h6-14,24H,15-21H2,1-5H3,(H,31,34)(H,32,35). The molecular weight excluding hydrogens is 482 g/mol. The molecule has 2 N–H and O–H groups in total. The Bertz CT molecular complexity index is 1090. The Hall–Kier alpha value is -3.55. The molecule has 0 saturated heterocycles. The van der Waals surface area contributed by atoms with Crippen molar-refractivity contribution in [3.63, 3.8) is 0 Å². The maximum absolute atomic E-state index is 13.1. The molecule has 0 unspecified atom stereocenters. The molecule has 38 heavy (non-hydrogen) atoms. The monoisotopic (exact) mass is 523 g/mol. The van der Waals surface area contributed by atoms with E-state index in [0.717, 1.165) is 25.7 Å². The van der Waals surface area contributed by atoms with Crippen LogP contribution in [0.4, 0.5) is 4.79 Å². The fourth-order valence-corrected chi connectivity index (χ4v) is 5.10. The van der Waals surface area contributed by atoms with Gasteiger partial charge in [-0.1, -0.05) is 42.5 Å². The van der Waals surface area contributed by atoms with E-state index in [0.29, 0.717) is 30.9 Å². The SMILES string of the molecule is COc1ccccc1C(=O)NCC1(c2ccccc2)CCC(N(CCNC(C)=O)C(=O)OC(C)(C)C)CC1. The highest BCUT2D eigenvalue weighted by atomic mass is 16.6. The number of para-hydroxylation sites is 1. The third-order valence-corrected chi connectivity index (χ3v) is 7.03. The van der Waals surface area contributed by atoms with Gasteiger partial charge in [-0.3, -0.25) is 9.59 Å². The maximum Gasteiger partial charge on any atom is 0.410 e. The fourth-order valence-electron chi connectivity index (χ4n) is 5.10. The van der Waals surface area contributed by atoms with Crippen LogP contribution in [0.1, 0.15) is 69.3 Å². The minimum absolute atomic E-state index is 0.0274. The van der Waals surface area contributed by atoms with Crippen molar-refractivity contribution in [3.05, 3.63) is 65.7 Å². The molecule has 2 aromatic carbocycles. The molecule has 1 aliphatic rings. The van der Waals surface area contributed by atoms with Crippen molar-refractivity contribution in [1.29, 1.82) is 0 Å². The summed E-state index contributed by atoms with van der Waals surface area (Å²) in [6.45, 7) is 8.23. The van der Waals surface area contributed by atoms with Crippen LogP contribution in [0.25, 0.3) is 0 Å². The van der Waals surface area contributed by atoms with Crippen molar-refractivity contribution in [3.8, 4) is 5.75 Å². The fraction of sp³-hybridized carbons (Fsp3) is 0.500. The quantitative estimate of drug-likeness (QED) is 0.498. The zero-order valence-electron chi connectivity index (χ0n) is 23.2. The summed E-state index contributed by atoms with van der Waals surface area (Å²) in [6, 6.07) is 17.4. The van der Waals surface area contributed by atoms with Crippen LogP contribution in [0, 0.1) is 0 Å². The molecule has 0 spiro atoms. The van der Waals surface area contributed by atoms with Gasteiger partial charge < -0.3 is 25.0 Å². The Labute approximate surface area is 226 Å². The molecule has 1 aliphatic carbocycles. The predicted molar refractivity (Wildman–Crippen MR) is 147 cm³/mol. The first-order chi connectivity index (χ1) is 18.0. The normalized spacial score (nSPS) is 19.2. The third kappa shape index (κ3) is 7.73. The first-order valence-electron chi connectivity index (χ1n) is 13.3. The lowest BCUT2D eigenvalue weighted by Crippen LogP contribution is -2.51. The van der Waals surface area contributed by atoms with Crippen molar-refractivity contribution < 1.29 is 23.9 Å². The van der Waals surface area contributed by atoms with Gasteiger partial charge in [-0.2, -0.15) is 0 Å². The number of ether oxygens (including phenoxy) is 2. The number of benzene rings is 2. The molecule has 0 aliphatic heterocycles. The van der Waals surface area contributed by atoms with Gasteiger partial charge in [0.1, 0.15) is 11.4 Å². The molecule has 1 saturated carbocycles. The van der Waals surface area contributed by atoms with E-state index in [2.05, 4.69) is 22.8 Å². The summed E-state index contributed by atoms with van der Waals surface area (Å²) in [5, 5.41) is 5.94. The van der Waals surface area contributed by atoms with E-state index >= 15 is 0 Å². The zero-order valence-corrected chi connectivity index (χ0v) is 23.2. The van der Waals surface area contributed by atoms with Crippen LogP contribution >= 0.6 is 0 Å². The van der Waals surface area contributed by atoms with Crippen molar-refractivity contribution in [1.82, 2.24) is 15.5 Å². The minimum Gasteiger partial charge on any atom is -0.496 e. The van der Waals surface area contributed by atoms with Gasteiger partial charge in [-0.25, -0.2) is 4.79 Å². The van der Waals surface area contributed by atoms with E-state index in [4.69, 9.17) is 9.47 Å². The maximum atomic E-state index is 13.1. The van der Waals surface area contributed by atoms with Gasteiger partial charge in [-0.15, -0.1) is 0 Å². The Kier molecular flexibility index (Phi) is 9.78.